The molecule has 0 aliphatic heterocycles. The lowest BCUT2D eigenvalue weighted by Gasteiger charge is -2.12. The van der Waals surface area contributed by atoms with E-state index in [-0.39, 0.29) is 0 Å². The lowest BCUT2D eigenvalue weighted by molar-refractivity contribution is 1.00. The lowest BCUT2D eigenvalue weighted by atomic mass is 10.3. The van der Waals surface area contributed by atoms with E-state index in [4.69, 9.17) is 5.73 Å². The van der Waals surface area contributed by atoms with Crippen LogP contribution < -0.4 is 11.1 Å². The first-order chi connectivity index (χ1) is 6.24. The van der Waals surface area contributed by atoms with Gasteiger partial charge in [-0.1, -0.05) is 6.92 Å². The van der Waals surface area contributed by atoms with Crippen molar-refractivity contribution < 1.29 is 0 Å². The molecule has 72 valence electrons. The maximum Gasteiger partial charge on any atom is 0.0736 e. The Kier molecular flexibility index (Phi) is 3.89. The van der Waals surface area contributed by atoms with Crippen molar-refractivity contribution in [2.45, 2.75) is 12.2 Å². The second kappa shape index (κ2) is 4.97. The van der Waals surface area contributed by atoms with E-state index in [1.54, 1.807) is 12.4 Å². The average Bonchev–Trinajstić information content (AvgIpc) is 2.16. The van der Waals surface area contributed by atoms with Crippen molar-refractivity contribution in [1.82, 2.24) is 4.98 Å². The number of thioether (sulfide) groups is 1. The highest BCUT2D eigenvalue weighted by Gasteiger charge is 2.00. The van der Waals surface area contributed by atoms with Gasteiger partial charge in [0.2, 0.25) is 0 Å². The third-order valence-electron chi connectivity index (χ3n) is 1.83. The van der Waals surface area contributed by atoms with Crippen LogP contribution in [0.15, 0.2) is 18.5 Å². The highest BCUT2D eigenvalue weighted by atomic mass is 32.2. The van der Waals surface area contributed by atoms with E-state index in [9.17, 15) is 0 Å². The molecule has 0 amide bonds. The number of nitrogens with one attached hydrogen (secondary N) is 1. The second-order valence-electron chi connectivity index (χ2n) is 2.89. The lowest BCUT2D eigenvalue weighted by Crippen LogP contribution is -2.13. The summed E-state index contributed by atoms with van der Waals surface area (Å²) in [7, 11) is 0. The van der Waals surface area contributed by atoms with E-state index < -0.39 is 0 Å². The SMILES string of the molecule is CSC(C)CNc1ccncc1N. The quantitative estimate of drug-likeness (QED) is 0.773. The van der Waals surface area contributed by atoms with E-state index in [0.717, 1.165) is 12.2 Å². The molecule has 1 atom stereocenters. The van der Waals surface area contributed by atoms with Crippen LogP contribution in [0.3, 0.4) is 0 Å². The van der Waals surface area contributed by atoms with Crippen LogP contribution >= 0.6 is 11.8 Å². The monoisotopic (exact) mass is 197 g/mol. The molecule has 1 unspecified atom stereocenters. The predicted molar refractivity (Wildman–Crippen MR) is 60.1 cm³/mol. The van der Waals surface area contributed by atoms with E-state index in [2.05, 4.69) is 23.5 Å². The third-order valence-corrected chi connectivity index (χ3v) is 2.81. The molecule has 3 nitrogen and oxygen atoms in total. The first-order valence-corrected chi connectivity index (χ1v) is 5.49. The number of rotatable bonds is 4. The Bertz CT molecular complexity index is 265. The fourth-order valence-electron chi connectivity index (χ4n) is 0.905. The summed E-state index contributed by atoms with van der Waals surface area (Å²) in [5.41, 5.74) is 7.39. The molecule has 1 heterocycles. The van der Waals surface area contributed by atoms with Crippen molar-refractivity contribution in [1.29, 1.82) is 0 Å². The molecule has 1 aromatic heterocycles. The van der Waals surface area contributed by atoms with Gasteiger partial charge in [-0.15, -0.1) is 0 Å². The van der Waals surface area contributed by atoms with Crippen molar-refractivity contribution >= 4 is 23.1 Å². The summed E-state index contributed by atoms with van der Waals surface area (Å²) in [4.78, 5) is 3.92. The van der Waals surface area contributed by atoms with Gasteiger partial charge in [0, 0.05) is 18.0 Å². The van der Waals surface area contributed by atoms with Crippen molar-refractivity contribution in [2.75, 3.05) is 23.9 Å². The van der Waals surface area contributed by atoms with Gasteiger partial charge in [-0.05, 0) is 12.3 Å². The van der Waals surface area contributed by atoms with Crippen LogP contribution in [0.5, 0.6) is 0 Å². The van der Waals surface area contributed by atoms with Gasteiger partial charge < -0.3 is 11.1 Å². The van der Waals surface area contributed by atoms with Crippen LogP contribution in [0.2, 0.25) is 0 Å². The molecule has 0 spiro atoms. The minimum Gasteiger partial charge on any atom is -0.396 e. The highest BCUT2D eigenvalue weighted by Crippen LogP contribution is 2.16. The van der Waals surface area contributed by atoms with E-state index in [0.29, 0.717) is 10.9 Å². The van der Waals surface area contributed by atoms with Gasteiger partial charge in [0.25, 0.3) is 0 Å². The Morgan fingerprint density at radius 2 is 2.46 bits per heavy atom. The molecule has 0 aliphatic carbocycles. The molecule has 0 aliphatic rings. The summed E-state index contributed by atoms with van der Waals surface area (Å²) in [5, 5.41) is 3.87. The zero-order valence-electron chi connectivity index (χ0n) is 7.95. The number of pyridine rings is 1. The van der Waals surface area contributed by atoms with Crippen molar-refractivity contribution in [2.24, 2.45) is 0 Å². The van der Waals surface area contributed by atoms with Gasteiger partial charge >= 0.3 is 0 Å². The van der Waals surface area contributed by atoms with Crippen LogP contribution in [0.25, 0.3) is 0 Å². The Balaban J connectivity index is 2.50. The zero-order valence-corrected chi connectivity index (χ0v) is 8.77. The van der Waals surface area contributed by atoms with Gasteiger partial charge in [0.15, 0.2) is 0 Å². The van der Waals surface area contributed by atoms with Crippen LogP contribution in [-0.4, -0.2) is 23.0 Å². The number of nitrogens with two attached hydrogens (primary N) is 1. The van der Waals surface area contributed by atoms with Gasteiger partial charge in [-0.25, -0.2) is 0 Å². The standard InChI is InChI=1S/C9H15N3S/c1-7(13-2)5-12-9-3-4-11-6-8(9)10/h3-4,6-7H,5,10H2,1-2H3,(H,11,12). The Hall–Kier alpha value is -0.900. The second-order valence-corrected chi connectivity index (χ2v) is 4.17. The van der Waals surface area contributed by atoms with Gasteiger partial charge in [-0.3, -0.25) is 4.98 Å². The summed E-state index contributed by atoms with van der Waals surface area (Å²) in [6.07, 6.45) is 5.50. The largest absolute Gasteiger partial charge is 0.396 e. The fraction of sp³-hybridized carbons (Fsp3) is 0.444. The Morgan fingerprint density at radius 1 is 1.69 bits per heavy atom. The molecule has 0 bridgehead atoms. The number of hydrogen-bond acceptors (Lipinski definition) is 4. The van der Waals surface area contributed by atoms with Gasteiger partial charge in [0.05, 0.1) is 17.6 Å². The third kappa shape index (κ3) is 3.14. The van der Waals surface area contributed by atoms with Crippen molar-refractivity contribution in [3.63, 3.8) is 0 Å². The predicted octanol–water partition coefficient (Wildman–Crippen LogP) is 1.83. The maximum atomic E-state index is 5.72. The number of aromatic nitrogens is 1. The summed E-state index contributed by atoms with van der Waals surface area (Å²) < 4.78 is 0. The normalized spacial score (nSPS) is 12.5. The molecule has 1 aromatic rings. The topological polar surface area (TPSA) is 50.9 Å². The van der Waals surface area contributed by atoms with E-state index >= 15 is 0 Å². The summed E-state index contributed by atoms with van der Waals surface area (Å²) in [6, 6.07) is 1.89. The minimum absolute atomic E-state index is 0.590. The van der Waals surface area contributed by atoms with E-state index in [1.165, 1.54) is 0 Å². The molecule has 13 heavy (non-hydrogen) atoms. The molecular formula is C9H15N3S. The molecule has 3 N–H and O–H groups in total. The summed E-state index contributed by atoms with van der Waals surface area (Å²) in [6.45, 7) is 3.10. The van der Waals surface area contributed by atoms with Crippen LogP contribution in [-0.2, 0) is 0 Å². The van der Waals surface area contributed by atoms with Crippen LogP contribution in [0, 0.1) is 0 Å². The first-order valence-electron chi connectivity index (χ1n) is 4.20. The fourth-order valence-corrected chi connectivity index (χ4v) is 1.15. The number of hydrogen-bond donors (Lipinski definition) is 2. The number of anilines is 2. The Morgan fingerprint density at radius 3 is 3.08 bits per heavy atom. The summed E-state index contributed by atoms with van der Waals surface area (Å²) in [5.74, 6) is 0. The summed E-state index contributed by atoms with van der Waals surface area (Å²) >= 11 is 1.83. The molecule has 0 saturated carbocycles. The molecule has 0 aromatic carbocycles. The molecule has 0 saturated heterocycles. The smallest absolute Gasteiger partial charge is 0.0736 e. The molecule has 0 fully saturated rings. The molecule has 1 rings (SSSR count). The Labute approximate surface area is 83.1 Å². The van der Waals surface area contributed by atoms with Crippen molar-refractivity contribution in [3.05, 3.63) is 18.5 Å². The molecule has 4 heteroatoms. The maximum absolute atomic E-state index is 5.72. The van der Waals surface area contributed by atoms with Gasteiger partial charge in [-0.2, -0.15) is 11.8 Å². The molecular weight excluding hydrogens is 182 g/mol. The highest BCUT2D eigenvalue weighted by molar-refractivity contribution is 7.99. The first kappa shape index (κ1) is 10.2. The van der Waals surface area contributed by atoms with Crippen LogP contribution in [0.4, 0.5) is 11.4 Å². The van der Waals surface area contributed by atoms with Gasteiger partial charge in [0.1, 0.15) is 0 Å². The minimum atomic E-state index is 0.590. The number of nitrogen functional groups attached to an aromatic ring is 1. The number of nitrogens with zero attached hydrogens (tertiary/aromatic N) is 1. The van der Waals surface area contributed by atoms with E-state index in [1.807, 2.05) is 17.8 Å². The van der Waals surface area contributed by atoms with Crippen LogP contribution in [0.1, 0.15) is 6.92 Å². The van der Waals surface area contributed by atoms with Crippen molar-refractivity contribution in [3.8, 4) is 0 Å². The average molecular weight is 197 g/mol. The zero-order chi connectivity index (χ0) is 9.68. The molecule has 0 radical (unpaired) electrons.